The summed E-state index contributed by atoms with van der Waals surface area (Å²) in [7, 11) is -2.36. The number of carbonyl (C=O) groups excluding carboxylic acids is 1. The molecule has 2 aromatic heterocycles. The fraction of sp³-hybridized carbons (Fsp3) is 0.368. The molecule has 1 aliphatic heterocycles. The number of aliphatic hydroxyl groups is 2. The summed E-state index contributed by atoms with van der Waals surface area (Å²) in [5.74, 6) is 0.145. The van der Waals surface area contributed by atoms with Crippen LogP contribution >= 0.6 is 7.60 Å². The molecule has 0 radical (unpaired) electrons. The number of nitrogens with one attached hydrogen (secondary N) is 2. The lowest BCUT2D eigenvalue weighted by Crippen LogP contribution is -2.32. The Kier molecular flexibility index (Phi) is 6.70. The zero-order chi connectivity index (χ0) is 23.6. The van der Waals surface area contributed by atoms with Crippen molar-refractivity contribution in [2.75, 3.05) is 23.9 Å². The smallest absolute Gasteiger partial charge is 0.391 e. The number of nitrogens with zero attached hydrogens (tertiary/aromatic N) is 4. The molecule has 176 valence electrons. The SMILES string of the molecule is COP(=O)([OH2+])CC[C@H]1OC(n2cnc3c(NC(=O)Nc4ccccc4)ncnc32)C(O)C1O. The summed E-state index contributed by atoms with van der Waals surface area (Å²) in [4.78, 5) is 32.4. The summed E-state index contributed by atoms with van der Waals surface area (Å²) in [6.45, 7) is 0. The normalized spacial score (nSPS) is 24.5. The summed E-state index contributed by atoms with van der Waals surface area (Å²) < 4.78 is 23.7. The number of hydrogen-bond donors (Lipinski definition) is 4. The lowest BCUT2D eigenvalue weighted by Gasteiger charge is -2.16. The van der Waals surface area contributed by atoms with E-state index in [1.807, 2.05) is 6.07 Å². The van der Waals surface area contributed by atoms with Crippen molar-refractivity contribution in [3.63, 3.8) is 0 Å². The summed E-state index contributed by atoms with van der Waals surface area (Å²) in [5.41, 5.74) is 1.11. The van der Waals surface area contributed by atoms with Gasteiger partial charge < -0.3 is 25.2 Å². The van der Waals surface area contributed by atoms with E-state index < -0.39 is 38.2 Å². The highest BCUT2D eigenvalue weighted by molar-refractivity contribution is 7.52. The molecule has 4 unspecified atom stereocenters. The van der Waals surface area contributed by atoms with Gasteiger partial charge in [0.25, 0.3) is 0 Å². The maximum absolute atomic E-state index is 12.3. The van der Waals surface area contributed by atoms with E-state index in [4.69, 9.17) is 9.63 Å². The first kappa shape index (κ1) is 23.2. The molecular formula is C19H24N6O7P+. The van der Waals surface area contributed by atoms with Crippen molar-refractivity contribution >= 4 is 36.3 Å². The molecule has 1 aromatic carbocycles. The third-order valence-electron chi connectivity index (χ3n) is 5.24. The number of hydrogen-bond acceptors (Lipinski definition) is 9. The minimum Gasteiger partial charge on any atom is -0.391 e. The number of benzene rings is 1. The quantitative estimate of drug-likeness (QED) is 0.284. The second-order valence-corrected chi connectivity index (χ2v) is 9.57. The zero-order valence-corrected chi connectivity index (χ0v) is 18.4. The van der Waals surface area contributed by atoms with Gasteiger partial charge >= 0.3 is 13.6 Å². The van der Waals surface area contributed by atoms with Crippen LogP contribution in [0, 0.1) is 0 Å². The largest absolute Gasteiger partial charge is 0.472 e. The van der Waals surface area contributed by atoms with Crippen LogP contribution < -0.4 is 10.6 Å². The van der Waals surface area contributed by atoms with Gasteiger partial charge in [-0.05, 0) is 18.6 Å². The molecule has 6 N–H and O–H groups in total. The predicted octanol–water partition coefficient (Wildman–Crippen LogP) is 1.04. The molecule has 2 amide bonds. The first-order valence-electron chi connectivity index (χ1n) is 10.0. The van der Waals surface area contributed by atoms with Crippen molar-refractivity contribution in [2.45, 2.75) is 31.0 Å². The van der Waals surface area contributed by atoms with Crippen LogP contribution in [0.15, 0.2) is 43.0 Å². The maximum atomic E-state index is 12.3. The van der Waals surface area contributed by atoms with E-state index in [1.165, 1.54) is 24.3 Å². The van der Waals surface area contributed by atoms with Crippen molar-refractivity contribution in [3.8, 4) is 0 Å². The van der Waals surface area contributed by atoms with Crippen molar-refractivity contribution in [3.05, 3.63) is 43.0 Å². The minimum absolute atomic E-state index is 0.0530. The Hall–Kier alpha value is -2.93. The molecule has 3 heterocycles. The average molecular weight is 479 g/mol. The number of aliphatic hydroxyl groups excluding tert-OH is 2. The second-order valence-electron chi connectivity index (χ2n) is 7.41. The van der Waals surface area contributed by atoms with Gasteiger partial charge in [0, 0.05) is 5.69 Å². The fourth-order valence-corrected chi connectivity index (χ4v) is 4.28. The number of imidazole rings is 1. The van der Waals surface area contributed by atoms with Gasteiger partial charge in [-0.25, -0.2) is 24.3 Å². The van der Waals surface area contributed by atoms with E-state index in [9.17, 15) is 19.6 Å². The Bertz CT molecular complexity index is 1180. The Morgan fingerprint density at radius 1 is 1.21 bits per heavy atom. The molecule has 1 aliphatic rings. The van der Waals surface area contributed by atoms with E-state index in [-0.39, 0.29) is 29.6 Å². The molecule has 0 spiro atoms. The van der Waals surface area contributed by atoms with Crippen LogP contribution in [0.4, 0.5) is 16.3 Å². The van der Waals surface area contributed by atoms with Gasteiger partial charge in [0.05, 0.1) is 19.5 Å². The highest BCUT2D eigenvalue weighted by atomic mass is 31.2. The number of aromatic nitrogens is 4. The highest BCUT2D eigenvalue weighted by Crippen LogP contribution is 2.43. The van der Waals surface area contributed by atoms with Crippen LogP contribution in [-0.4, -0.2) is 72.2 Å². The number of anilines is 2. The number of amides is 2. The first-order valence-corrected chi connectivity index (χ1v) is 11.8. The van der Waals surface area contributed by atoms with Gasteiger partial charge in [0.1, 0.15) is 24.7 Å². The summed E-state index contributed by atoms with van der Waals surface area (Å²) in [6, 6.07) is 8.34. The van der Waals surface area contributed by atoms with E-state index in [0.29, 0.717) is 5.69 Å². The van der Waals surface area contributed by atoms with Crippen molar-refractivity contribution in [2.24, 2.45) is 0 Å². The molecule has 1 saturated heterocycles. The third kappa shape index (κ3) is 5.03. The van der Waals surface area contributed by atoms with Crippen LogP contribution in [0.2, 0.25) is 0 Å². The molecule has 13 nitrogen and oxygen atoms in total. The number of para-hydroxylation sites is 1. The van der Waals surface area contributed by atoms with Crippen LogP contribution in [-0.2, 0) is 13.8 Å². The van der Waals surface area contributed by atoms with Crippen LogP contribution in [0.1, 0.15) is 12.6 Å². The number of carbonyl (C=O) groups is 1. The Labute approximate surface area is 187 Å². The topological polar surface area (TPSA) is 184 Å². The molecule has 14 heteroatoms. The number of fused-ring (bicyclic) bond motifs is 1. The predicted molar refractivity (Wildman–Crippen MR) is 118 cm³/mol. The van der Waals surface area contributed by atoms with E-state index >= 15 is 0 Å². The van der Waals surface area contributed by atoms with Crippen molar-refractivity contribution in [1.82, 2.24) is 19.5 Å². The van der Waals surface area contributed by atoms with E-state index in [0.717, 1.165) is 0 Å². The molecule has 33 heavy (non-hydrogen) atoms. The molecule has 3 aromatic rings. The summed E-state index contributed by atoms with van der Waals surface area (Å²) in [6.07, 6.45) is -2.01. The zero-order valence-electron chi connectivity index (χ0n) is 17.5. The van der Waals surface area contributed by atoms with Crippen LogP contribution in [0.5, 0.6) is 0 Å². The van der Waals surface area contributed by atoms with E-state index in [1.54, 1.807) is 24.3 Å². The Morgan fingerprint density at radius 3 is 2.70 bits per heavy atom. The number of ether oxygens (including phenoxy) is 1. The number of urea groups is 1. The molecule has 5 atom stereocenters. The van der Waals surface area contributed by atoms with Crippen LogP contribution in [0.3, 0.4) is 0 Å². The first-order chi connectivity index (χ1) is 15.8. The average Bonchev–Trinajstić information content (AvgIpc) is 3.35. The lowest BCUT2D eigenvalue weighted by atomic mass is 10.1. The molecule has 0 saturated carbocycles. The van der Waals surface area contributed by atoms with Crippen molar-refractivity contribution < 1.29 is 33.7 Å². The fourth-order valence-electron chi connectivity index (χ4n) is 3.51. The summed E-state index contributed by atoms with van der Waals surface area (Å²) in [5, 5.41) is 26.2. The second kappa shape index (κ2) is 9.51. The Balaban J connectivity index is 1.51. The van der Waals surface area contributed by atoms with Gasteiger partial charge in [0.15, 0.2) is 23.2 Å². The van der Waals surface area contributed by atoms with Crippen molar-refractivity contribution in [1.29, 1.82) is 0 Å². The Morgan fingerprint density at radius 2 is 1.97 bits per heavy atom. The minimum atomic E-state index is -3.55. The molecule has 4 rings (SSSR count). The van der Waals surface area contributed by atoms with Gasteiger partial charge in [0.2, 0.25) is 0 Å². The number of rotatable bonds is 7. The molecule has 0 bridgehead atoms. The molecular weight excluding hydrogens is 455 g/mol. The van der Waals surface area contributed by atoms with Gasteiger partial charge in [-0.1, -0.05) is 18.2 Å². The summed E-state index contributed by atoms with van der Waals surface area (Å²) >= 11 is 0. The van der Waals surface area contributed by atoms with Crippen LogP contribution in [0.25, 0.3) is 11.2 Å². The maximum Gasteiger partial charge on any atom is 0.472 e. The van der Waals surface area contributed by atoms with E-state index in [2.05, 4.69) is 30.1 Å². The highest BCUT2D eigenvalue weighted by Gasteiger charge is 2.45. The standard InChI is InChI=1S/C19H23N6O7P/c1-31-33(29,30)8-7-12-14(26)15(27)18(32-12)25-10-22-13-16(20-9-21-17(13)25)24-19(28)23-11-5-3-2-4-6-11/h2-6,9-10,12,14-15,18,26-27H,7-8H2,1H3,(H,29,30)(H2,20,21,23,24,28)/p+1/t12-,14?,15?,18?/m1/s1. The molecule has 1 fully saturated rings. The monoisotopic (exact) mass is 479 g/mol. The van der Waals surface area contributed by atoms with Gasteiger partial charge in [-0.3, -0.25) is 14.4 Å². The lowest BCUT2D eigenvalue weighted by molar-refractivity contribution is -0.0356. The molecule has 0 aliphatic carbocycles. The van der Waals surface area contributed by atoms with Gasteiger partial charge in [-0.15, -0.1) is 0 Å². The third-order valence-corrected chi connectivity index (χ3v) is 6.67. The van der Waals surface area contributed by atoms with Gasteiger partial charge in [-0.2, -0.15) is 0 Å².